The molecule has 0 bridgehead atoms. The molecule has 0 radical (unpaired) electrons. The number of hydrogen-bond acceptors (Lipinski definition) is 5. The van der Waals surface area contributed by atoms with Crippen molar-refractivity contribution in [2.45, 2.75) is 17.4 Å². The molecule has 0 unspecified atom stereocenters. The number of nitrogens with one attached hydrogen (secondary N) is 1. The van der Waals surface area contributed by atoms with Crippen molar-refractivity contribution in [3.05, 3.63) is 126 Å². The molecule has 162 valence electrons. The summed E-state index contributed by atoms with van der Waals surface area (Å²) >= 11 is 0. The molecule has 7 nitrogen and oxygen atoms in total. The minimum absolute atomic E-state index is 0.0441. The van der Waals surface area contributed by atoms with Gasteiger partial charge in [-0.1, -0.05) is 91.0 Å². The Kier molecular flexibility index (Phi) is 5.87. The molecule has 7 heteroatoms. The number of H-pyrrole nitrogens is 1. The summed E-state index contributed by atoms with van der Waals surface area (Å²) in [4.78, 5) is 20.5. The van der Waals surface area contributed by atoms with Gasteiger partial charge in [0.25, 0.3) is 0 Å². The van der Waals surface area contributed by atoms with Crippen molar-refractivity contribution >= 4 is 5.97 Å². The lowest BCUT2D eigenvalue weighted by Crippen LogP contribution is -2.73. The minimum Gasteiger partial charge on any atom is -0.480 e. The Bertz CT molecular complexity index is 1050. The maximum absolute atomic E-state index is 13.3. The molecule has 0 aliphatic carbocycles. The first-order chi connectivity index (χ1) is 15.5. The van der Waals surface area contributed by atoms with Crippen molar-refractivity contribution in [3.8, 4) is 0 Å². The number of carboxylic acid groups (broad SMARTS) is 1. The van der Waals surface area contributed by atoms with Gasteiger partial charge in [-0.2, -0.15) is 5.12 Å². The van der Waals surface area contributed by atoms with Gasteiger partial charge >= 0.3 is 5.97 Å². The third-order valence-electron chi connectivity index (χ3n) is 6.03. The van der Waals surface area contributed by atoms with Crippen molar-refractivity contribution in [1.82, 2.24) is 15.1 Å². The molecule has 0 aliphatic heterocycles. The molecule has 32 heavy (non-hydrogen) atoms. The number of benzene rings is 3. The third kappa shape index (κ3) is 3.29. The molecule has 1 atom stereocenters. The molecular formula is C25H25N5O2. The van der Waals surface area contributed by atoms with E-state index in [1.54, 1.807) is 6.20 Å². The highest BCUT2D eigenvalue weighted by atomic mass is 16.4. The number of aromatic nitrogens is 2. The van der Waals surface area contributed by atoms with E-state index in [4.69, 9.17) is 11.7 Å². The molecule has 1 heterocycles. The predicted octanol–water partition coefficient (Wildman–Crippen LogP) is 2.86. The zero-order chi connectivity index (χ0) is 22.6. The summed E-state index contributed by atoms with van der Waals surface area (Å²) in [5.74, 6) is 11.4. The SMILES string of the molecule is NN(N)[C@@](Cc1c[nH]cn1)(C(=O)O)C(c1ccccc1)(c1ccccc1)c1ccccc1. The molecule has 0 spiro atoms. The van der Waals surface area contributed by atoms with Crippen molar-refractivity contribution in [1.29, 1.82) is 0 Å². The summed E-state index contributed by atoms with van der Waals surface area (Å²) in [6.07, 6.45) is 3.12. The molecular weight excluding hydrogens is 402 g/mol. The first-order valence-corrected chi connectivity index (χ1v) is 10.2. The van der Waals surface area contributed by atoms with Gasteiger partial charge in [0.2, 0.25) is 0 Å². The molecule has 4 aromatic rings. The van der Waals surface area contributed by atoms with Crippen molar-refractivity contribution in [2.75, 3.05) is 0 Å². The smallest absolute Gasteiger partial charge is 0.329 e. The number of nitrogens with zero attached hydrogens (tertiary/aromatic N) is 2. The number of hydrazine groups is 2. The molecule has 4 rings (SSSR count). The molecule has 3 aromatic carbocycles. The molecule has 0 amide bonds. The van der Waals surface area contributed by atoms with Crippen LogP contribution in [0.3, 0.4) is 0 Å². The van der Waals surface area contributed by atoms with Gasteiger partial charge in [0.15, 0.2) is 5.54 Å². The summed E-state index contributed by atoms with van der Waals surface area (Å²) < 4.78 is 0. The van der Waals surface area contributed by atoms with Crippen molar-refractivity contribution < 1.29 is 9.90 Å². The Morgan fingerprint density at radius 1 is 0.844 bits per heavy atom. The summed E-state index contributed by atoms with van der Waals surface area (Å²) in [6, 6.07) is 28.4. The highest BCUT2D eigenvalue weighted by molar-refractivity contribution is 5.85. The van der Waals surface area contributed by atoms with Crippen LogP contribution in [-0.4, -0.2) is 31.7 Å². The highest BCUT2D eigenvalue weighted by Gasteiger charge is 2.62. The molecule has 1 aromatic heterocycles. The van der Waals surface area contributed by atoms with E-state index in [1.807, 2.05) is 91.0 Å². The van der Waals surface area contributed by atoms with E-state index in [2.05, 4.69) is 9.97 Å². The van der Waals surface area contributed by atoms with Crippen LogP contribution in [0.5, 0.6) is 0 Å². The van der Waals surface area contributed by atoms with Gasteiger partial charge in [0.05, 0.1) is 17.4 Å². The maximum atomic E-state index is 13.3. The zero-order valence-electron chi connectivity index (χ0n) is 17.4. The fourth-order valence-electron chi connectivity index (χ4n) is 4.69. The minimum atomic E-state index is -1.83. The first-order valence-electron chi connectivity index (χ1n) is 10.2. The molecule has 0 fully saturated rings. The Labute approximate surface area is 186 Å². The number of aromatic amines is 1. The molecule has 0 aliphatic rings. The van der Waals surface area contributed by atoms with E-state index in [9.17, 15) is 9.90 Å². The Morgan fingerprint density at radius 3 is 1.59 bits per heavy atom. The number of hydrogen-bond donors (Lipinski definition) is 4. The Balaban J connectivity index is 2.20. The van der Waals surface area contributed by atoms with Crippen LogP contribution in [0, 0.1) is 0 Å². The van der Waals surface area contributed by atoms with E-state index in [0.29, 0.717) is 5.69 Å². The van der Waals surface area contributed by atoms with Crippen molar-refractivity contribution in [2.24, 2.45) is 11.7 Å². The third-order valence-corrected chi connectivity index (χ3v) is 6.03. The molecule has 0 saturated carbocycles. The lowest BCUT2D eigenvalue weighted by molar-refractivity contribution is -0.156. The van der Waals surface area contributed by atoms with Crippen LogP contribution >= 0.6 is 0 Å². The van der Waals surface area contributed by atoms with Gasteiger partial charge in [-0.15, -0.1) is 0 Å². The topological polar surface area (TPSA) is 121 Å². The first kappa shape index (κ1) is 21.5. The average molecular weight is 428 g/mol. The lowest BCUT2D eigenvalue weighted by atomic mass is 9.56. The van der Waals surface area contributed by atoms with Crippen LogP contribution < -0.4 is 11.7 Å². The predicted molar refractivity (Wildman–Crippen MR) is 122 cm³/mol. The normalized spacial score (nSPS) is 13.6. The standard InChI is InChI=1S/C25H25N5O2/c26-30(27)24(23(31)32,16-22-17-28-18-29-22)25(19-10-4-1-5-11-19,20-12-6-2-7-13-20)21-14-8-3-9-15-21/h1-15,17-18H,16,26-27H2,(H,28,29)(H,31,32)/t24-/m0/s1. The highest BCUT2D eigenvalue weighted by Crippen LogP contribution is 2.50. The second-order valence-electron chi connectivity index (χ2n) is 7.66. The van der Waals surface area contributed by atoms with Crippen molar-refractivity contribution in [3.63, 3.8) is 0 Å². The number of imidazole rings is 1. The Hall–Kier alpha value is -3.78. The number of rotatable bonds is 8. The summed E-state index contributed by atoms with van der Waals surface area (Å²) in [7, 11) is 0. The largest absolute Gasteiger partial charge is 0.480 e. The van der Waals surface area contributed by atoms with Crippen LogP contribution in [-0.2, 0) is 16.6 Å². The van der Waals surface area contributed by atoms with Gasteiger partial charge in [-0.05, 0) is 16.7 Å². The van der Waals surface area contributed by atoms with Gasteiger partial charge in [-0.25, -0.2) is 4.98 Å². The van der Waals surface area contributed by atoms with E-state index < -0.39 is 16.9 Å². The zero-order valence-corrected chi connectivity index (χ0v) is 17.4. The maximum Gasteiger partial charge on any atom is 0.329 e. The van der Waals surface area contributed by atoms with Gasteiger partial charge in [-0.3, -0.25) is 16.5 Å². The molecule has 6 N–H and O–H groups in total. The molecule has 0 saturated heterocycles. The van der Waals surface area contributed by atoms with Gasteiger partial charge in [0, 0.05) is 12.6 Å². The number of aliphatic carboxylic acids is 1. The number of carbonyl (C=O) groups is 1. The quantitative estimate of drug-likeness (QED) is 0.195. The summed E-state index contributed by atoms with van der Waals surface area (Å²) in [6.45, 7) is 0. The van der Waals surface area contributed by atoms with Crippen LogP contribution in [0.25, 0.3) is 0 Å². The van der Waals surface area contributed by atoms with Crippen LogP contribution in [0.4, 0.5) is 0 Å². The summed E-state index contributed by atoms with van der Waals surface area (Å²) in [5.41, 5.74) is -0.332. The lowest BCUT2D eigenvalue weighted by Gasteiger charge is -2.51. The number of carboxylic acids is 1. The van der Waals surface area contributed by atoms with Crippen LogP contribution in [0.1, 0.15) is 22.4 Å². The Morgan fingerprint density at radius 2 is 1.28 bits per heavy atom. The van der Waals surface area contributed by atoms with E-state index in [0.717, 1.165) is 21.8 Å². The van der Waals surface area contributed by atoms with E-state index in [1.165, 1.54) is 6.33 Å². The van der Waals surface area contributed by atoms with E-state index >= 15 is 0 Å². The second kappa shape index (κ2) is 8.76. The average Bonchev–Trinajstić information content (AvgIpc) is 3.34. The fraction of sp³-hybridized carbons (Fsp3) is 0.120. The van der Waals surface area contributed by atoms with Gasteiger partial charge < -0.3 is 10.1 Å². The van der Waals surface area contributed by atoms with Gasteiger partial charge in [0.1, 0.15) is 0 Å². The monoisotopic (exact) mass is 427 g/mol. The van der Waals surface area contributed by atoms with Crippen LogP contribution in [0.15, 0.2) is 104 Å². The number of nitrogens with two attached hydrogens (primary N) is 2. The van der Waals surface area contributed by atoms with Crippen LogP contribution in [0.2, 0.25) is 0 Å². The second-order valence-corrected chi connectivity index (χ2v) is 7.66. The fourth-order valence-corrected chi connectivity index (χ4v) is 4.69. The summed E-state index contributed by atoms with van der Waals surface area (Å²) in [5, 5.41) is 11.7. The van der Waals surface area contributed by atoms with E-state index in [-0.39, 0.29) is 6.42 Å².